The van der Waals surface area contributed by atoms with Crippen molar-refractivity contribution in [3.63, 3.8) is 0 Å². The predicted octanol–water partition coefficient (Wildman–Crippen LogP) is 3.53. The van der Waals surface area contributed by atoms with Crippen molar-refractivity contribution >= 4 is 29.2 Å². The van der Waals surface area contributed by atoms with E-state index in [9.17, 15) is 4.79 Å². The van der Waals surface area contributed by atoms with E-state index in [-0.39, 0.29) is 11.4 Å². The second-order valence-corrected chi connectivity index (χ2v) is 4.77. The van der Waals surface area contributed by atoms with E-state index >= 15 is 0 Å². The maximum atomic E-state index is 11.2. The molecule has 2 aromatic rings. The van der Waals surface area contributed by atoms with Crippen molar-refractivity contribution in [3.05, 3.63) is 39.5 Å². The number of aromatic carboxylic acids is 1. The van der Waals surface area contributed by atoms with Crippen LogP contribution in [0.5, 0.6) is 11.6 Å². The van der Waals surface area contributed by atoms with Crippen LogP contribution in [-0.2, 0) is 7.05 Å². The molecule has 0 bridgehead atoms. The Balaban J connectivity index is 2.46. The van der Waals surface area contributed by atoms with Gasteiger partial charge in [-0.25, -0.2) is 9.48 Å². The van der Waals surface area contributed by atoms with Crippen LogP contribution in [0.15, 0.2) is 18.2 Å². The average Bonchev–Trinajstić information content (AvgIpc) is 2.52. The van der Waals surface area contributed by atoms with Crippen LogP contribution in [-0.4, -0.2) is 20.9 Å². The Hall–Kier alpha value is -1.72. The van der Waals surface area contributed by atoms with Crippen molar-refractivity contribution in [2.45, 2.75) is 6.92 Å². The number of benzene rings is 1. The van der Waals surface area contributed by atoms with Gasteiger partial charge in [-0.15, -0.1) is 0 Å². The van der Waals surface area contributed by atoms with Crippen LogP contribution in [0.3, 0.4) is 0 Å². The summed E-state index contributed by atoms with van der Waals surface area (Å²) in [5.74, 6) is -0.625. The summed E-state index contributed by atoms with van der Waals surface area (Å²) in [6.07, 6.45) is 0. The molecule has 1 aromatic carbocycles. The van der Waals surface area contributed by atoms with Gasteiger partial charge >= 0.3 is 5.97 Å². The molecule has 0 saturated heterocycles. The van der Waals surface area contributed by atoms with Crippen LogP contribution in [0.25, 0.3) is 0 Å². The minimum atomic E-state index is -1.10. The van der Waals surface area contributed by atoms with E-state index in [1.807, 2.05) is 0 Å². The fourth-order valence-corrected chi connectivity index (χ4v) is 2.21. The first-order valence-corrected chi connectivity index (χ1v) is 6.05. The molecule has 0 aliphatic rings. The minimum Gasteiger partial charge on any atom is -0.477 e. The molecule has 0 unspecified atom stereocenters. The lowest BCUT2D eigenvalue weighted by Crippen LogP contribution is -2.01. The molecule has 7 heteroatoms. The Bertz CT molecular complexity index is 632. The van der Waals surface area contributed by atoms with Gasteiger partial charge in [0.15, 0.2) is 0 Å². The number of nitrogens with zero attached hydrogens (tertiary/aromatic N) is 2. The second-order valence-electron chi connectivity index (χ2n) is 3.90. The Morgan fingerprint density at radius 2 is 1.89 bits per heavy atom. The first-order chi connectivity index (χ1) is 8.88. The van der Waals surface area contributed by atoms with Crippen molar-refractivity contribution in [2.75, 3.05) is 0 Å². The van der Waals surface area contributed by atoms with Gasteiger partial charge in [-0.3, -0.25) is 0 Å². The third kappa shape index (κ3) is 2.83. The molecule has 0 radical (unpaired) electrons. The van der Waals surface area contributed by atoms with E-state index in [0.29, 0.717) is 21.5 Å². The van der Waals surface area contributed by atoms with Gasteiger partial charge in [0.2, 0.25) is 5.88 Å². The molecular formula is C12H10Cl2N2O3. The molecule has 2 rings (SSSR count). The molecule has 1 aromatic heterocycles. The van der Waals surface area contributed by atoms with E-state index < -0.39 is 5.97 Å². The van der Waals surface area contributed by atoms with Crippen LogP contribution in [0, 0.1) is 6.92 Å². The molecule has 19 heavy (non-hydrogen) atoms. The number of rotatable bonds is 3. The number of aromatic nitrogens is 2. The fourth-order valence-electron chi connectivity index (χ4n) is 1.70. The lowest BCUT2D eigenvalue weighted by Gasteiger charge is -2.07. The summed E-state index contributed by atoms with van der Waals surface area (Å²) < 4.78 is 6.89. The topological polar surface area (TPSA) is 64.4 Å². The van der Waals surface area contributed by atoms with Crippen molar-refractivity contribution in [1.82, 2.24) is 9.78 Å². The van der Waals surface area contributed by atoms with Crippen LogP contribution in [0.1, 0.15) is 16.1 Å². The zero-order valence-corrected chi connectivity index (χ0v) is 11.7. The summed E-state index contributed by atoms with van der Waals surface area (Å²) in [7, 11) is 1.60. The van der Waals surface area contributed by atoms with Crippen LogP contribution >= 0.6 is 23.2 Å². The molecule has 100 valence electrons. The quantitative estimate of drug-likeness (QED) is 0.942. The highest BCUT2D eigenvalue weighted by Crippen LogP contribution is 2.31. The van der Waals surface area contributed by atoms with Gasteiger partial charge in [0.25, 0.3) is 0 Å². The monoisotopic (exact) mass is 300 g/mol. The van der Waals surface area contributed by atoms with E-state index in [1.54, 1.807) is 32.2 Å². The fraction of sp³-hybridized carbons (Fsp3) is 0.167. The number of aryl methyl sites for hydroxylation is 2. The highest BCUT2D eigenvalue weighted by Gasteiger charge is 2.21. The van der Waals surface area contributed by atoms with Crippen LogP contribution < -0.4 is 4.74 Å². The van der Waals surface area contributed by atoms with Crippen LogP contribution in [0.2, 0.25) is 10.0 Å². The van der Waals surface area contributed by atoms with Gasteiger partial charge in [-0.2, -0.15) is 5.10 Å². The Morgan fingerprint density at radius 1 is 1.32 bits per heavy atom. The van der Waals surface area contributed by atoms with Gasteiger partial charge in [0.1, 0.15) is 11.3 Å². The number of halogens is 2. The highest BCUT2D eigenvalue weighted by molar-refractivity contribution is 6.34. The van der Waals surface area contributed by atoms with Gasteiger partial charge < -0.3 is 9.84 Å². The van der Waals surface area contributed by atoms with Crippen molar-refractivity contribution in [1.29, 1.82) is 0 Å². The molecule has 0 aliphatic carbocycles. The molecule has 0 fully saturated rings. The second kappa shape index (κ2) is 5.11. The number of hydrogen-bond donors (Lipinski definition) is 1. The summed E-state index contributed by atoms with van der Waals surface area (Å²) in [4.78, 5) is 11.2. The molecule has 0 aliphatic heterocycles. The SMILES string of the molecule is Cc1nn(C)c(Oc2cc(Cl)cc(Cl)c2)c1C(=O)O. The predicted molar refractivity (Wildman–Crippen MR) is 71.4 cm³/mol. The first kappa shape index (κ1) is 13.7. The Labute approximate surface area is 119 Å². The molecule has 0 amide bonds. The van der Waals surface area contributed by atoms with Gasteiger partial charge in [-0.05, 0) is 25.1 Å². The third-order valence-electron chi connectivity index (χ3n) is 2.43. The standard InChI is InChI=1S/C12H10Cl2N2O3/c1-6-10(12(17)18)11(16(2)15-6)19-9-4-7(13)3-8(14)5-9/h3-5H,1-2H3,(H,17,18). The van der Waals surface area contributed by atoms with E-state index in [0.717, 1.165) is 0 Å². The molecule has 0 saturated carbocycles. The lowest BCUT2D eigenvalue weighted by molar-refractivity contribution is 0.0693. The number of carboxylic acid groups (broad SMARTS) is 1. The third-order valence-corrected chi connectivity index (χ3v) is 2.87. The first-order valence-electron chi connectivity index (χ1n) is 5.29. The molecule has 0 spiro atoms. The summed E-state index contributed by atoms with van der Waals surface area (Å²) in [5, 5.41) is 14.0. The molecule has 1 heterocycles. The maximum Gasteiger partial charge on any atom is 0.343 e. The molecule has 1 N–H and O–H groups in total. The molecule has 0 atom stereocenters. The van der Waals surface area contributed by atoms with Gasteiger partial charge in [-0.1, -0.05) is 23.2 Å². The summed E-state index contributed by atoms with van der Waals surface area (Å²) in [5.41, 5.74) is 0.386. The smallest absolute Gasteiger partial charge is 0.343 e. The normalized spacial score (nSPS) is 10.5. The van der Waals surface area contributed by atoms with Crippen molar-refractivity contribution < 1.29 is 14.6 Å². The Morgan fingerprint density at radius 3 is 2.42 bits per heavy atom. The number of carboxylic acids is 1. The zero-order valence-electron chi connectivity index (χ0n) is 10.1. The summed E-state index contributed by atoms with van der Waals surface area (Å²) >= 11 is 11.7. The average molecular weight is 301 g/mol. The molecular weight excluding hydrogens is 291 g/mol. The van der Waals surface area contributed by atoms with Gasteiger partial charge in [0.05, 0.1) is 5.69 Å². The largest absolute Gasteiger partial charge is 0.477 e. The van der Waals surface area contributed by atoms with E-state index in [4.69, 9.17) is 33.0 Å². The number of ether oxygens (including phenoxy) is 1. The summed E-state index contributed by atoms with van der Waals surface area (Å²) in [6.45, 7) is 1.60. The van der Waals surface area contributed by atoms with Crippen molar-refractivity contribution in [2.24, 2.45) is 7.05 Å². The minimum absolute atomic E-state index is 0.0126. The lowest BCUT2D eigenvalue weighted by atomic mass is 10.2. The highest BCUT2D eigenvalue weighted by atomic mass is 35.5. The number of hydrogen-bond acceptors (Lipinski definition) is 3. The van der Waals surface area contributed by atoms with Crippen LogP contribution in [0.4, 0.5) is 0 Å². The Kier molecular flexibility index (Phi) is 3.68. The van der Waals surface area contributed by atoms with E-state index in [2.05, 4.69) is 5.10 Å². The summed E-state index contributed by atoms with van der Waals surface area (Å²) in [6, 6.07) is 4.64. The molecule has 5 nitrogen and oxygen atoms in total. The zero-order chi connectivity index (χ0) is 14.2. The maximum absolute atomic E-state index is 11.2. The number of carbonyl (C=O) groups is 1. The van der Waals surface area contributed by atoms with Gasteiger partial charge in [0, 0.05) is 17.1 Å². The van der Waals surface area contributed by atoms with E-state index in [1.165, 1.54) is 4.68 Å². The van der Waals surface area contributed by atoms with Crippen molar-refractivity contribution in [3.8, 4) is 11.6 Å².